The van der Waals surface area contributed by atoms with Gasteiger partial charge in [-0.25, -0.2) is 4.39 Å². The summed E-state index contributed by atoms with van der Waals surface area (Å²) in [5.74, 6) is -0.461. The van der Waals surface area contributed by atoms with E-state index in [1.165, 1.54) is 12.1 Å². The van der Waals surface area contributed by atoms with Gasteiger partial charge in [-0.1, -0.05) is 0 Å². The minimum absolute atomic E-state index is 0.0548. The molecule has 0 amide bonds. The van der Waals surface area contributed by atoms with Gasteiger partial charge in [-0.15, -0.1) is 0 Å². The standard InChI is InChI=1S/C13H17FN2O3/c1-19-13-4-2-3-11(13)15-8-9-7-10(14)5-6-12(9)16(17)18/h5-7,11,13,15H,2-4,8H2,1H3. The number of ether oxygens (including phenoxy) is 1. The van der Waals surface area contributed by atoms with Crippen LogP contribution in [0, 0.1) is 15.9 Å². The lowest BCUT2D eigenvalue weighted by Crippen LogP contribution is -2.36. The van der Waals surface area contributed by atoms with Crippen molar-refractivity contribution in [2.75, 3.05) is 7.11 Å². The molecule has 1 aliphatic rings. The molecule has 0 heterocycles. The molecule has 1 aliphatic carbocycles. The van der Waals surface area contributed by atoms with Crippen LogP contribution in [0.1, 0.15) is 24.8 Å². The maximum atomic E-state index is 13.2. The quantitative estimate of drug-likeness (QED) is 0.658. The van der Waals surface area contributed by atoms with Crippen molar-refractivity contribution >= 4 is 5.69 Å². The van der Waals surface area contributed by atoms with E-state index >= 15 is 0 Å². The van der Waals surface area contributed by atoms with Crippen LogP contribution in [-0.2, 0) is 11.3 Å². The van der Waals surface area contributed by atoms with Crippen molar-refractivity contribution < 1.29 is 14.1 Å². The Kier molecular flexibility index (Phi) is 4.44. The van der Waals surface area contributed by atoms with E-state index in [2.05, 4.69) is 5.32 Å². The molecule has 1 fully saturated rings. The predicted molar refractivity (Wildman–Crippen MR) is 68.3 cm³/mol. The lowest BCUT2D eigenvalue weighted by Gasteiger charge is -2.19. The van der Waals surface area contributed by atoms with E-state index < -0.39 is 10.7 Å². The van der Waals surface area contributed by atoms with Gasteiger partial charge < -0.3 is 10.1 Å². The smallest absolute Gasteiger partial charge is 0.274 e. The third kappa shape index (κ3) is 3.27. The summed E-state index contributed by atoms with van der Waals surface area (Å²) in [6.45, 7) is 0.276. The maximum absolute atomic E-state index is 13.2. The minimum Gasteiger partial charge on any atom is -0.380 e. The molecule has 1 aromatic rings. The van der Waals surface area contributed by atoms with Crippen molar-refractivity contribution in [3.8, 4) is 0 Å². The van der Waals surface area contributed by atoms with Crippen molar-refractivity contribution in [1.82, 2.24) is 5.32 Å². The molecule has 0 aromatic heterocycles. The summed E-state index contributed by atoms with van der Waals surface area (Å²) in [5, 5.41) is 14.1. The molecule has 0 spiro atoms. The summed E-state index contributed by atoms with van der Waals surface area (Å²) in [6, 6.07) is 3.69. The number of nitro benzene ring substituents is 1. The van der Waals surface area contributed by atoms with Crippen LogP contribution in [0.3, 0.4) is 0 Å². The van der Waals surface area contributed by atoms with Gasteiger partial charge in [-0.05, 0) is 31.4 Å². The van der Waals surface area contributed by atoms with Gasteiger partial charge in [0.25, 0.3) is 5.69 Å². The van der Waals surface area contributed by atoms with Crippen molar-refractivity contribution in [2.45, 2.75) is 38.0 Å². The largest absolute Gasteiger partial charge is 0.380 e. The van der Waals surface area contributed by atoms with Gasteiger partial charge in [-0.2, -0.15) is 0 Å². The molecule has 0 aliphatic heterocycles. The van der Waals surface area contributed by atoms with E-state index in [0.29, 0.717) is 5.56 Å². The first-order valence-corrected chi connectivity index (χ1v) is 6.31. The number of nitro groups is 1. The fourth-order valence-corrected chi connectivity index (χ4v) is 2.56. The fraction of sp³-hybridized carbons (Fsp3) is 0.538. The molecular weight excluding hydrogens is 251 g/mol. The Balaban J connectivity index is 2.06. The number of hydrogen-bond donors (Lipinski definition) is 1. The van der Waals surface area contributed by atoms with Gasteiger partial charge in [0, 0.05) is 31.3 Å². The lowest BCUT2D eigenvalue weighted by molar-refractivity contribution is -0.385. The van der Waals surface area contributed by atoms with Gasteiger partial charge in [0.05, 0.1) is 11.0 Å². The van der Waals surface area contributed by atoms with Crippen molar-refractivity contribution in [1.29, 1.82) is 0 Å². The Labute approximate surface area is 110 Å². The number of nitrogens with one attached hydrogen (secondary N) is 1. The molecule has 1 saturated carbocycles. The molecule has 2 rings (SSSR count). The number of nitrogens with zero attached hydrogens (tertiary/aromatic N) is 1. The van der Waals surface area contributed by atoms with Gasteiger partial charge in [0.15, 0.2) is 0 Å². The summed E-state index contributed by atoms with van der Waals surface area (Å²) >= 11 is 0. The van der Waals surface area contributed by atoms with Gasteiger partial charge in [0.2, 0.25) is 0 Å². The summed E-state index contributed by atoms with van der Waals surface area (Å²) in [5.41, 5.74) is 0.313. The number of benzene rings is 1. The summed E-state index contributed by atoms with van der Waals surface area (Å²) in [7, 11) is 1.66. The van der Waals surface area contributed by atoms with E-state index in [-0.39, 0.29) is 24.4 Å². The SMILES string of the molecule is COC1CCCC1NCc1cc(F)ccc1[N+](=O)[O-]. The van der Waals surface area contributed by atoms with E-state index in [4.69, 9.17) is 4.74 Å². The second-order valence-electron chi connectivity index (χ2n) is 4.72. The molecule has 0 radical (unpaired) electrons. The predicted octanol–water partition coefficient (Wildman–Crippen LogP) is 2.39. The minimum atomic E-state index is -0.487. The molecule has 0 bridgehead atoms. The molecule has 19 heavy (non-hydrogen) atoms. The molecule has 1 N–H and O–H groups in total. The van der Waals surface area contributed by atoms with Crippen LogP contribution in [0.4, 0.5) is 10.1 Å². The molecule has 6 heteroatoms. The third-order valence-corrected chi connectivity index (χ3v) is 3.55. The van der Waals surface area contributed by atoms with Crippen LogP contribution in [0.2, 0.25) is 0 Å². The zero-order valence-electron chi connectivity index (χ0n) is 10.8. The Morgan fingerprint density at radius 1 is 1.53 bits per heavy atom. The molecular formula is C13H17FN2O3. The topological polar surface area (TPSA) is 64.4 Å². The first kappa shape index (κ1) is 13.9. The zero-order chi connectivity index (χ0) is 13.8. The Bertz CT molecular complexity index is 467. The average molecular weight is 268 g/mol. The van der Waals surface area contributed by atoms with Crippen molar-refractivity contribution in [2.24, 2.45) is 0 Å². The summed E-state index contributed by atoms with van der Waals surface area (Å²) in [4.78, 5) is 10.4. The van der Waals surface area contributed by atoms with Gasteiger partial charge >= 0.3 is 0 Å². The number of rotatable bonds is 5. The highest BCUT2D eigenvalue weighted by atomic mass is 19.1. The number of halogens is 1. The van der Waals surface area contributed by atoms with Crippen LogP contribution in [0.25, 0.3) is 0 Å². The Morgan fingerprint density at radius 2 is 2.32 bits per heavy atom. The van der Waals surface area contributed by atoms with E-state index in [9.17, 15) is 14.5 Å². The molecule has 2 unspecified atom stereocenters. The highest BCUT2D eigenvalue weighted by Crippen LogP contribution is 2.24. The average Bonchev–Trinajstić information content (AvgIpc) is 2.83. The summed E-state index contributed by atoms with van der Waals surface area (Å²) < 4.78 is 18.5. The molecule has 5 nitrogen and oxygen atoms in total. The number of methoxy groups -OCH3 is 1. The van der Waals surface area contributed by atoms with Crippen LogP contribution in [0.15, 0.2) is 18.2 Å². The van der Waals surface area contributed by atoms with Gasteiger partial charge in [-0.3, -0.25) is 10.1 Å². The fourth-order valence-electron chi connectivity index (χ4n) is 2.56. The van der Waals surface area contributed by atoms with Crippen LogP contribution < -0.4 is 5.32 Å². The van der Waals surface area contributed by atoms with Gasteiger partial charge in [0.1, 0.15) is 5.82 Å². The number of hydrogen-bond acceptors (Lipinski definition) is 4. The summed E-state index contributed by atoms with van der Waals surface area (Å²) in [6.07, 6.45) is 3.16. The Morgan fingerprint density at radius 3 is 3.00 bits per heavy atom. The van der Waals surface area contributed by atoms with Crippen LogP contribution in [0.5, 0.6) is 0 Å². The van der Waals surface area contributed by atoms with E-state index in [1.54, 1.807) is 7.11 Å². The van der Waals surface area contributed by atoms with Crippen LogP contribution in [-0.4, -0.2) is 24.2 Å². The monoisotopic (exact) mass is 268 g/mol. The Hall–Kier alpha value is -1.53. The molecule has 0 saturated heterocycles. The van der Waals surface area contributed by atoms with Crippen molar-refractivity contribution in [3.63, 3.8) is 0 Å². The van der Waals surface area contributed by atoms with Crippen LogP contribution >= 0.6 is 0 Å². The highest BCUT2D eigenvalue weighted by molar-refractivity contribution is 5.40. The third-order valence-electron chi connectivity index (χ3n) is 3.55. The normalized spacial score (nSPS) is 22.6. The zero-order valence-corrected chi connectivity index (χ0v) is 10.8. The highest BCUT2D eigenvalue weighted by Gasteiger charge is 2.27. The van der Waals surface area contributed by atoms with E-state index in [1.807, 2.05) is 0 Å². The second-order valence-corrected chi connectivity index (χ2v) is 4.72. The van der Waals surface area contributed by atoms with E-state index in [0.717, 1.165) is 25.3 Å². The second kappa shape index (κ2) is 6.08. The first-order valence-electron chi connectivity index (χ1n) is 6.31. The molecule has 1 aromatic carbocycles. The first-order chi connectivity index (χ1) is 9.11. The van der Waals surface area contributed by atoms with Crippen molar-refractivity contribution in [3.05, 3.63) is 39.7 Å². The molecule has 2 atom stereocenters. The maximum Gasteiger partial charge on any atom is 0.274 e. The molecule has 104 valence electrons. The lowest BCUT2D eigenvalue weighted by atomic mass is 10.1.